The maximum atomic E-state index is 3.93. The molecule has 0 saturated heterocycles. The van der Waals surface area contributed by atoms with Crippen LogP contribution in [0.3, 0.4) is 0 Å². The van der Waals surface area contributed by atoms with E-state index >= 15 is 0 Å². The molecular formula is C3H5N3S2Si. The Bertz CT molecular complexity index is 178. The summed E-state index contributed by atoms with van der Waals surface area (Å²) >= 11 is 7.87. The highest BCUT2D eigenvalue weighted by Crippen LogP contribution is 1.96. The zero-order valence-electron chi connectivity index (χ0n) is 4.74. The van der Waals surface area contributed by atoms with Crippen molar-refractivity contribution in [2.75, 3.05) is 0 Å². The lowest BCUT2D eigenvalue weighted by Crippen LogP contribution is -2.15. The van der Waals surface area contributed by atoms with E-state index < -0.39 is 0 Å². The van der Waals surface area contributed by atoms with Gasteiger partial charge in [-0.3, -0.25) is 0 Å². The molecule has 3 nitrogen and oxygen atoms in total. The Labute approximate surface area is 66.6 Å². The SMILES string of the molecule is [SiH3]c1nc(S)nc(S)n1. The molecule has 0 aliphatic carbocycles. The summed E-state index contributed by atoms with van der Waals surface area (Å²) in [6.07, 6.45) is 0. The molecule has 0 fully saturated rings. The van der Waals surface area contributed by atoms with Crippen molar-refractivity contribution in [1.29, 1.82) is 0 Å². The fourth-order valence-electron chi connectivity index (χ4n) is 0.454. The Kier molecular flexibility index (Phi) is 2.09. The average Bonchev–Trinajstić information content (AvgIpc) is 1.59. The van der Waals surface area contributed by atoms with E-state index in [4.69, 9.17) is 0 Å². The Hall–Kier alpha value is -0.0731. The summed E-state index contributed by atoms with van der Waals surface area (Å²) < 4.78 is 0. The van der Waals surface area contributed by atoms with Gasteiger partial charge in [-0.2, -0.15) is 4.98 Å². The van der Waals surface area contributed by atoms with Crippen LogP contribution in [0.1, 0.15) is 0 Å². The summed E-state index contributed by atoms with van der Waals surface area (Å²) in [6.45, 7) is 0. The normalized spacial score (nSPS) is 10.0. The van der Waals surface area contributed by atoms with E-state index in [-0.39, 0.29) is 0 Å². The molecule has 0 aliphatic rings. The first-order valence-electron chi connectivity index (χ1n) is 2.29. The lowest BCUT2D eigenvalue weighted by molar-refractivity contribution is 0.833. The van der Waals surface area contributed by atoms with Crippen LogP contribution in [-0.2, 0) is 0 Å². The molecule has 0 aromatic carbocycles. The number of nitrogens with zero attached hydrogens (tertiary/aromatic N) is 3. The third-order valence-corrected chi connectivity index (χ3v) is 1.57. The Morgan fingerprint density at radius 1 is 1.00 bits per heavy atom. The van der Waals surface area contributed by atoms with E-state index in [1.807, 2.05) is 0 Å². The molecule has 1 aromatic heterocycles. The van der Waals surface area contributed by atoms with Gasteiger partial charge in [-0.05, 0) is 0 Å². The highest BCUT2D eigenvalue weighted by atomic mass is 32.1. The number of hydrogen-bond donors (Lipinski definition) is 2. The summed E-state index contributed by atoms with van der Waals surface area (Å²) in [4.78, 5) is 11.5. The molecule has 0 N–H and O–H groups in total. The summed E-state index contributed by atoms with van der Waals surface area (Å²) in [5, 5.41) is 0.889. The van der Waals surface area contributed by atoms with Crippen molar-refractivity contribution in [3.63, 3.8) is 0 Å². The second-order valence-electron chi connectivity index (χ2n) is 1.48. The van der Waals surface area contributed by atoms with Crippen molar-refractivity contribution in [2.24, 2.45) is 0 Å². The van der Waals surface area contributed by atoms with E-state index in [1.165, 1.54) is 0 Å². The predicted molar refractivity (Wildman–Crippen MR) is 43.9 cm³/mol. The molecule has 1 aromatic rings. The molecule has 0 bridgehead atoms. The van der Waals surface area contributed by atoms with Crippen LogP contribution < -0.4 is 5.45 Å². The van der Waals surface area contributed by atoms with E-state index in [1.54, 1.807) is 0 Å². The maximum absolute atomic E-state index is 3.93. The highest BCUT2D eigenvalue weighted by Gasteiger charge is 1.93. The quantitative estimate of drug-likeness (QED) is 0.370. The molecule has 0 spiro atoms. The lowest BCUT2D eigenvalue weighted by atomic mass is 11.1. The van der Waals surface area contributed by atoms with Gasteiger partial charge in [0.15, 0.2) is 10.3 Å². The molecule has 48 valence electrons. The van der Waals surface area contributed by atoms with Gasteiger partial charge < -0.3 is 0 Å². The van der Waals surface area contributed by atoms with Gasteiger partial charge in [0.2, 0.25) is 0 Å². The number of hydrogen-bond acceptors (Lipinski definition) is 5. The van der Waals surface area contributed by atoms with Crippen LogP contribution in [0.25, 0.3) is 0 Å². The van der Waals surface area contributed by atoms with Crippen molar-refractivity contribution >= 4 is 40.9 Å². The zero-order valence-corrected chi connectivity index (χ0v) is 8.52. The van der Waals surface area contributed by atoms with Crippen molar-refractivity contribution in [3.8, 4) is 0 Å². The van der Waals surface area contributed by atoms with Crippen LogP contribution in [0.5, 0.6) is 0 Å². The van der Waals surface area contributed by atoms with Crippen molar-refractivity contribution in [2.45, 2.75) is 10.3 Å². The molecule has 0 unspecified atom stereocenters. The smallest absolute Gasteiger partial charge is 0.188 e. The summed E-state index contributed by atoms with van der Waals surface area (Å²) in [7, 11) is 0.811. The van der Waals surface area contributed by atoms with Gasteiger partial charge in [0.05, 0.1) is 10.2 Å². The van der Waals surface area contributed by atoms with E-state index in [2.05, 4.69) is 40.2 Å². The van der Waals surface area contributed by atoms with Crippen LogP contribution in [0, 0.1) is 0 Å². The van der Waals surface area contributed by atoms with Crippen LogP contribution >= 0.6 is 25.3 Å². The third kappa shape index (κ3) is 1.96. The molecular weight excluding hydrogens is 170 g/mol. The van der Waals surface area contributed by atoms with Gasteiger partial charge in [-0.1, -0.05) is 0 Å². The Morgan fingerprint density at radius 2 is 1.44 bits per heavy atom. The molecule has 0 saturated carbocycles. The molecule has 1 heterocycles. The molecule has 0 amide bonds. The van der Waals surface area contributed by atoms with Gasteiger partial charge in [0.25, 0.3) is 0 Å². The fourth-order valence-corrected chi connectivity index (χ4v) is 1.81. The Morgan fingerprint density at radius 3 is 1.78 bits per heavy atom. The standard InChI is InChI=1S/C3H5N3S2Si/c7-1-4-2(8)6-3(9)5-1/h9H3,(H2,4,5,6,7,8). The largest absolute Gasteiger partial charge is 0.214 e. The van der Waals surface area contributed by atoms with Crippen molar-refractivity contribution in [3.05, 3.63) is 0 Å². The van der Waals surface area contributed by atoms with Crippen LogP contribution in [-0.4, -0.2) is 25.2 Å². The maximum Gasteiger partial charge on any atom is 0.188 e. The monoisotopic (exact) mass is 175 g/mol. The molecule has 0 aliphatic heterocycles. The van der Waals surface area contributed by atoms with Gasteiger partial charge in [0.1, 0.15) is 5.45 Å². The van der Waals surface area contributed by atoms with Gasteiger partial charge in [-0.25, -0.2) is 9.97 Å². The summed E-state index contributed by atoms with van der Waals surface area (Å²) in [5.74, 6) is 0. The van der Waals surface area contributed by atoms with Crippen LogP contribution in [0.15, 0.2) is 10.3 Å². The molecule has 0 atom stereocenters. The average molecular weight is 175 g/mol. The molecule has 6 heteroatoms. The minimum atomic E-state index is 0.444. The Balaban J connectivity index is 3.17. The number of aromatic nitrogens is 3. The topological polar surface area (TPSA) is 38.7 Å². The first-order chi connectivity index (χ1) is 4.18. The first kappa shape index (κ1) is 7.04. The lowest BCUT2D eigenvalue weighted by Gasteiger charge is -1.92. The van der Waals surface area contributed by atoms with Crippen molar-refractivity contribution < 1.29 is 0 Å². The second kappa shape index (κ2) is 2.67. The van der Waals surface area contributed by atoms with Crippen LogP contribution in [0.2, 0.25) is 0 Å². The van der Waals surface area contributed by atoms with Gasteiger partial charge in [0, 0.05) is 0 Å². The van der Waals surface area contributed by atoms with E-state index in [0.717, 1.165) is 15.7 Å². The third-order valence-electron chi connectivity index (χ3n) is 0.724. The number of thiol groups is 2. The summed E-state index contributed by atoms with van der Waals surface area (Å²) in [6, 6.07) is 0. The van der Waals surface area contributed by atoms with E-state index in [0.29, 0.717) is 10.3 Å². The van der Waals surface area contributed by atoms with Crippen LogP contribution in [0.4, 0.5) is 0 Å². The van der Waals surface area contributed by atoms with Gasteiger partial charge in [-0.15, -0.1) is 25.3 Å². The predicted octanol–water partition coefficient (Wildman–Crippen LogP) is -1.56. The minimum Gasteiger partial charge on any atom is -0.214 e. The second-order valence-corrected chi connectivity index (χ2v) is 3.18. The highest BCUT2D eigenvalue weighted by molar-refractivity contribution is 7.80. The minimum absolute atomic E-state index is 0.444. The zero-order chi connectivity index (χ0) is 6.85. The number of rotatable bonds is 0. The fraction of sp³-hybridized carbons (Fsp3) is 0. The molecule has 9 heavy (non-hydrogen) atoms. The van der Waals surface area contributed by atoms with E-state index in [9.17, 15) is 0 Å². The molecule has 0 radical (unpaired) electrons. The first-order valence-corrected chi connectivity index (χ1v) is 4.18. The summed E-state index contributed by atoms with van der Waals surface area (Å²) in [5.41, 5.74) is 0.778. The molecule has 1 rings (SSSR count). The van der Waals surface area contributed by atoms with Gasteiger partial charge >= 0.3 is 0 Å². The van der Waals surface area contributed by atoms with Crippen molar-refractivity contribution in [1.82, 2.24) is 15.0 Å².